The van der Waals surface area contributed by atoms with E-state index in [-0.39, 0.29) is 5.91 Å². The molecule has 0 aliphatic heterocycles. The maximum Gasteiger partial charge on any atom is 0.217 e. The van der Waals surface area contributed by atoms with Gasteiger partial charge in [0, 0.05) is 13.0 Å². The maximum absolute atomic E-state index is 9.99. The molecule has 0 aliphatic rings. The summed E-state index contributed by atoms with van der Waals surface area (Å²) in [5.41, 5.74) is 6.70. The van der Waals surface area contributed by atoms with Gasteiger partial charge in [-0.1, -0.05) is 0 Å². The number of carbonyl (C=O) groups excluding carboxylic acids is 1. The lowest BCUT2D eigenvalue weighted by Gasteiger charge is -1.92. The Morgan fingerprint density at radius 2 is 2.38 bits per heavy atom. The zero-order valence-electron chi connectivity index (χ0n) is 4.55. The van der Waals surface area contributed by atoms with Crippen molar-refractivity contribution in [1.82, 2.24) is 5.48 Å². The first kappa shape index (κ1) is 7.39. The second kappa shape index (κ2) is 4.55. The first-order valence-electron chi connectivity index (χ1n) is 2.42. The normalized spacial score (nSPS) is 9.12. The SMILES string of the molecule is NC(=O)CCCNO. The van der Waals surface area contributed by atoms with Gasteiger partial charge in [-0.2, -0.15) is 0 Å². The molecule has 48 valence electrons. The van der Waals surface area contributed by atoms with Crippen molar-refractivity contribution in [3.05, 3.63) is 0 Å². The van der Waals surface area contributed by atoms with E-state index in [0.29, 0.717) is 19.4 Å². The molecule has 0 heterocycles. The third-order valence-corrected chi connectivity index (χ3v) is 0.712. The third kappa shape index (κ3) is 5.39. The van der Waals surface area contributed by atoms with E-state index in [1.54, 1.807) is 0 Å². The molecule has 8 heavy (non-hydrogen) atoms. The molecule has 0 saturated heterocycles. The van der Waals surface area contributed by atoms with E-state index < -0.39 is 0 Å². The summed E-state index contributed by atoms with van der Waals surface area (Å²) in [5.74, 6) is -0.333. The van der Waals surface area contributed by atoms with Gasteiger partial charge in [-0.15, -0.1) is 0 Å². The van der Waals surface area contributed by atoms with Gasteiger partial charge in [0.1, 0.15) is 0 Å². The second-order valence-electron chi connectivity index (χ2n) is 1.48. The molecule has 1 amide bonds. The van der Waals surface area contributed by atoms with Gasteiger partial charge in [0.15, 0.2) is 0 Å². The Kier molecular flexibility index (Phi) is 4.20. The quantitative estimate of drug-likeness (QED) is 0.335. The average Bonchev–Trinajstić information content (AvgIpc) is 1.66. The summed E-state index contributed by atoms with van der Waals surface area (Å²) in [6.07, 6.45) is 0.916. The van der Waals surface area contributed by atoms with Gasteiger partial charge in [0.05, 0.1) is 0 Å². The summed E-state index contributed by atoms with van der Waals surface area (Å²) in [5, 5.41) is 7.98. The summed E-state index contributed by atoms with van der Waals surface area (Å²) in [7, 11) is 0. The molecule has 0 atom stereocenters. The van der Waals surface area contributed by atoms with Crippen LogP contribution in [0, 0.1) is 0 Å². The number of nitrogens with two attached hydrogens (primary N) is 1. The Bertz CT molecular complexity index is 74.4. The number of carbonyl (C=O) groups is 1. The first-order chi connectivity index (χ1) is 3.77. The molecule has 4 N–H and O–H groups in total. The van der Waals surface area contributed by atoms with Crippen LogP contribution in [0.3, 0.4) is 0 Å². The highest BCUT2D eigenvalue weighted by atomic mass is 16.5. The van der Waals surface area contributed by atoms with E-state index in [2.05, 4.69) is 0 Å². The van der Waals surface area contributed by atoms with Crippen LogP contribution in [0.1, 0.15) is 12.8 Å². The molecule has 0 aromatic carbocycles. The molecule has 0 aliphatic carbocycles. The lowest BCUT2D eigenvalue weighted by atomic mass is 10.3. The standard InChI is InChI=1S/C4H10N2O2/c5-4(7)2-1-3-6-8/h6,8H,1-3H2,(H2,5,7). The zero-order chi connectivity index (χ0) is 6.41. The van der Waals surface area contributed by atoms with Crippen LogP contribution >= 0.6 is 0 Å². The van der Waals surface area contributed by atoms with E-state index in [9.17, 15) is 4.79 Å². The Morgan fingerprint density at radius 3 is 2.75 bits per heavy atom. The molecule has 0 aromatic rings. The minimum atomic E-state index is -0.333. The second-order valence-corrected chi connectivity index (χ2v) is 1.48. The third-order valence-electron chi connectivity index (χ3n) is 0.712. The molecule has 0 bridgehead atoms. The van der Waals surface area contributed by atoms with Crippen molar-refractivity contribution < 1.29 is 10.0 Å². The fraction of sp³-hybridized carbons (Fsp3) is 0.750. The van der Waals surface area contributed by atoms with Gasteiger partial charge in [0.2, 0.25) is 5.91 Å². The molecule has 4 nitrogen and oxygen atoms in total. The average molecular weight is 118 g/mol. The number of nitrogens with one attached hydrogen (secondary N) is 1. The van der Waals surface area contributed by atoms with Crippen molar-refractivity contribution in [2.45, 2.75) is 12.8 Å². The minimum Gasteiger partial charge on any atom is -0.370 e. The van der Waals surface area contributed by atoms with Crippen LogP contribution in [0.25, 0.3) is 0 Å². The molecule has 0 unspecified atom stereocenters. The van der Waals surface area contributed by atoms with Crippen LogP contribution in [0.2, 0.25) is 0 Å². The van der Waals surface area contributed by atoms with Gasteiger partial charge in [-0.3, -0.25) is 4.79 Å². The highest BCUT2D eigenvalue weighted by Gasteiger charge is 1.90. The van der Waals surface area contributed by atoms with Gasteiger partial charge in [-0.05, 0) is 6.42 Å². The monoisotopic (exact) mass is 118 g/mol. The van der Waals surface area contributed by atoms with E-state index in [1.807, 2.05) is 5.48 Å². The number of amides is 1. The first-order valence-corrected chi connectivity index (χ1v) is 2.42. The van der Waals surface area contributed by atoms with Crippen molar-refractivity contribution >= 4 is 5.91 Å². The Balaban J connectivity index is 2.82. The Hall–Kier alpha value is -0.610. The summed E-state index contributed by atoms with van der Waals surface area (Å²) in [4.78, 5) is 9.99. The van der Waals surface area contributed by atoms with Crippen LogP contribution in [-0.2, 0) is 4.79 Å². The van der Waals surface area contributed by atoms with Gasteiger partial charge in [-0.25, -0.2) is 5.48 Å². The molecular formula is C4H10N2O2. The molecule has 0 rings (SSSR count). The molecule has 0 aromatic heterocycles. The van der Waals surface area contributed by atoms with Gasteiger partial charge < -0.3 is 10.9 Å². The molecule has 0 fully saturated rings. The number of primary amides is 1. The van der Waals surface area contributed by atoms with Crippen LogP contribution in [0.15, 0.2) is 0 Å². The van der Waals surface area contributed by atoms with Crippen LogP contribution in [0.5, 0.6) is 0 Å². The van der Waals surface area contributed by atoms with E-state index in [0.717, 1.165) is 0 Å². The highest BCUT2D eigenvalue weighted by Crippen LogP contribution is 1.81. The summed E-state index contributed by atoms with van der Waals surface area (Å²) >= 11 is 0. The summed E-state index contributed by atoms with van der Waals surface area (Å²) in [6, 6.07) is 0. The zero-order valence-corrected chi connectivity index (χ0v) is 4.55. The summed E-state index contributed by atoms with van der Waals surface area (Å²) in [6.45, 7) is 0.420. The molecular weight excluding hydrogens is 108 g/mol. The Morgan fingerprint density at radius 1 is 1.75 bits per heavy atom. The fourth-order valence-corrected chi connectivity index (χ4v) is 0.342. The van der Waals surface area contributed by atoms with Crippen molar-refractivity contribution in [3.8, 4) is 0 Å². The number of hydrogen-bond donors (Lipinski definition) is 3. The van der Waals surface area contributed by atoms with Crippen molar-refractivity contribution in [2.75, 3.05) is 6.54 Å². The molecule has 0 radical (unpaired) electrons. The number of rotatable bonds is 4. The maximum atomic E-state index is 9.99. The van der Waals surface area contributed by atoms with Crippen molar-refractivity contribution in [2.24, 2.45) is 5.73 Å². The molecule has 0 spiro atoms. The van der Waals surface area contributed by atoms with E-state index in [1.165, 1.54) is 0 Å². The lowest BCUT2D eigenvalue weighted by Crippen LogP contribution is -2.15. The Labute approximate surface area is 47.6 Å². The highest BCUT2D eigenvalue weighted by molar-refractivity contribution is 5.73. The molecule has 0 saturated carbocycles. The predicted octanol–water partition coefficient (Wildman–Crippen LogP) is -0.769. The van der Waals surface area contributed by atoms with Crippen LogP contribution in [0.4, 0.5) is 0 Å². The van der Waals surface area contributed by atoms with E-state index in [4.69, 9.17) is 10.9 Å². The predicted molar refractivity (Wildman–Crippen MR) is 28.2 cm³/mol. The van der Waals surface area contributed by atoms with Gasteiger partial charge >= 0.3 is 0 Å². The summed E-state index contributed by atoms with van der Waals surface area (Å²) < 4.78 is 0. The molecule has 4 heteroatoms. The lowest BCUT2D eigenvalue weighted by molar-refractivity contribution is -0.118. The van der Waals surface area contributed by atoms with E-state index >= 15 is 0 Å². The smallest absolute Gasteiger partial charge is 0.217 e. The number of hydroxylamine groups is 1. The van der Waals surface area contributed by atoms with Crippen LogP contribution < -0.4 is 11.2 Å². The largest absolute Gasteiger partial charge is 0.370 e. The minimum absolute atomic E-state index is 0.327. The van der Waals surface area contributed by atoms with Crippen molar-refractivity contribution in [1.29, 1.82) is 0 Å². The van der Waals surface area contributed by atoms with Gasteiger partial charge in [0.25, 0.3) is 0 Å². The topological polar surface area (TPSA) is 75.4 Å². The fourth-order valence-electron chi connectivity index (χ4n) is 0.342. The number of hydrogen-bond acceptors (Lipinski definition) is 3. The van der Waals surface area contributed by atoms with Crippen LogP contribution in [-0.4, -0.2) is 17.7 Å². The van der Waals surface area contributed by atoms with Crippen molar-refractivity contribution in [3.63, 3.8) is 0 Å².